The van der Waals surface area contributed by atoms with Crippen LogP contribution >= 0.6 is 0 Å². The summed E-state index contributed by atoms with van der Waals surface area (Å²) in [5, 5.41) is 5.49. The van der Waals surface area contributed by atoms with Gasteiger partial charge in [0.25, 0.3) is 0 Å². The van der Waals surface area contributed by atoms with Gasteiger partial charge in [-0.05, 0) is 37.0 Å². The summed E-state index contributed by atoms with van der Waals surface area (Å²) in [5.74, 6) is 0. The average molecular weight is 259 g/mol. The van der Waals surface area contributed by atoms with Crippen LogP contribution in [-0.2, 0) is 16.0 Å². The maximum Gasteiger partial charge on any atom is 0.150 e. The molecule has 1 aromatic heterocycles. The molecule has 1 saturated heterocycles. The van der Waals surface area contributed by atoms with Crippen LogP contribution in [0, 0.1) is 0 Å². The first-order chi connectivity index (χ1) is 9.29. The molecule has 5 nitrogen and oxygen atoms in total. The Bertz CT molecular complexity index is 600. The number of fused-ring (bicyclic) bond motifs is 1. The highest BCUT2D eigenvalue weighted by Crippen LogP contribution is 2.28. The Kier molecular flexibility index (Phi) is 3.21. The van der Waals surface area contributed by atoms with Crippen LogP contribution in [0.4, 0.5) is 5.69 Å². The zero-order chi connectivity index (χ0) is 13.2. The number of nitrogen functional groups attached to an aromatic ring is 1. The zero-order valence-corrected chi connectivity index (χ0v) is 10.7. The molecule has 5 heteroatoms. The molecule has 100 valence electrons. The lowest BCUT2D eigenvalue weighted by atomic mass is 10.1. The van der Waals surface area contributed by atoms with E-state index in [1.807, 2.05) is 16.9 Å². The van der Waals surface area contributed by atoms with Crippen LogP contribution < -0.4 is 5.73 Å². The van der Waals surface area contributed by atoms with Crippen LogP contribution in [0.5, 0.6) is 0 Å². The molecule has 0 aliphatic carbocycles. The summed E-state index contributed by atoms with van der Waals surface area (Å²) >= 11 is 0. The van der Waals surface area contributed by atoms with E-state index < -0.39 is 0 Å². The van der Waals surface area contributed by atoms with E-state index in [4.69, 9.17) is 10.5 Å². The van der Waals surface area contributed by atoms with E-state index in [9.17, 15) is 4.79 Å². The SMILES string of the molecule is Nc1ccc2nn(C3CCCCO3)cc2c1CC=O. The normalized spacial score (nSPS) is 19.7. The maximum atomic E-state index is 10.8. The van der Waals surface area contributed by atoms with Gasteiger partial charge in [-0.25, -0.2) is 4.68 Å². The van der Waals surface area contributed by atoms with Crippen LogP contribution in [0.25, 0.3) is 10.9 Å². The van der Waals surface area contributed by atoms with E-state index >= 15 is 0 Å². The average Bonchev–Trinajstić information content (AvgIpc) is 2.87. The second-order valence-corrected chi connectivity index (χ2v) is 4.87. The molecule has 1 fully saturated rings. The Labute approximate surface area is 111 Å². The molecule has 1 unspecified atom stereocenters. The van der Waals surface area contributed by atoms with Crippen molar-refractivity contribution in [3.8, 4) is 0 Å². The van der Waals surface area contributed by atoms with Crippen LogP contribution in [0.3, 0.4) is 0 Å². The van der Waals surface area contributed by atoms with Crippen molar-refractivity contribution in [2.24, 2.45) is 0 Å². The van der Waals surface area contributed by atoms with Crippen molar-refractivity contribution in [3.63, 3.8) is 0 Å². The standard InChI is InChI=1S/C14H17N3O2/c15-12-4-5-13-11(10(12)6-7-18)9-17(16-13)14-3-1-2-8-19-14/h4-5,7,9,14H,1-3,6,8,15H2. The van der Waals surface area contributed by atoms with Crippen molar-refractivity contribution >= 4 is 22.9 Å². The summed E-state index contributed by atoms with van der Waals surface area (Å²) < 4.78 is 7.58. The van der Waals surface area contributed by atoms with Gasteiger partial charge in [0.2, 0.25) is 0 Å². The number of ether oxygens (including phenoxy) is 1. The highest BCUT2D eigenvalue weighted by atomic mass is 16.5. The van der Waals surface area contributed by atoms with E-state index in [0.717, 1.165) is 48.6 Å². The van der Waals surface area contributed by atoms with E-state index in [1.165, 1.54) is 0 Å². The lowest BCUT2D eigenvalue weighted by Crippen LogP contribution is -2.18. The molecule has 1 atom stereocenters. The highest BCUT2D eigenvalue weighted by Gasteiger charge is 2.18. The second kappa shape index (κ2) is 5.01. The van der Waals surface area contributed by atoms with Crippen molar-refractivity contribution in [2.75, 3.05) is 12.3 Å². The number of benzene rings is 1. The van der Waals surface area contributed by atoms with E-state index in [0.29, 0.717) is 12.1 Å². The fourth-order valence-electron chi connectivity index (χ4n) is 2.58. The monoisotopic (exact) mass is 259 g/mol. The third kappa shape index (κ3) is 2.21. The number of anilines is 1. The molecule has 0 radical (unpaired) electrons. The molecule has 2 N–H and O–H groups in total. The molecule has 1 aliphatic heterocycles. The van der Waals surface area contributed by atoms with Gasteiger partial charge < -0.3 is 15.3 Å². The quantitative estimate of drug-likeness (QED) is 0.676. The van der Waals surface area contributed by atoms with Crippen molar-refractivity contribution in [3.05, 3.63) is 23.9 Å². The van der Waals surface area contributed by atoms with Gasteiger partial charge in [-0.15, -0.1) is 0 Å². The molecule has 3 rings (SSSR count). The van der Waals surface area contributed by atoms with Gasteiger partial charge in [0.15, 0.2) is 0 Å². The van der Waals surface area contributed by atoms with Crippen LogP contribution in [0.2, 0.25) is 0 Å². The van der Waals surface area contributed by atoms with Crippen molar-refractivity contribution in [1.82, 2.24) is 9.78 Å². The van der Waals surface area contributed by atoms with E-state index in [-0.39, 0.29) is 6.23 Å². The molecular formula is C14H17N3O2. The summed E-state index contributed by atoms with van der Waals surface area (Å²) in [4.78, 5) is 10.8. The first kappa shape index (κ1) is 12.2. The highest BCUT2D eigenvalue weighted by molar-refractivity contribution is 5.88. The summed E-state index contributed by atoms with van der Waals surface area (Å²) in [6.07, 6.45) is 6.39. The number of hydrogen-bond acceptors (Lipinski definition) is 4. The fraction of sp³-hybridized carbons (Fsp3) is 0.429. The number of aldehydes is 1. The summed E-state index contributed by atoms with van der Waals surface area (Å²) in [5.41, 5.74) is 8.29. The van der Waals surface area contributed by atoms with Crippen LogP contribution in [0.15, 0.2) is 18.3 Å². The van der Waals surface area contributed by atoms with Gasteiger partial charge in [0.05, 0.1) is 5.52 Å². The Morgan fingerprint density at radius 2 is 2.37 bits per heavy atom. The summed E-state index contributed by atoms with van der Waals surface area (Å²) in [6, 6.07) is 3.69. The molecule has 1 aromatic carbocycles. The predicted octanol–water partition coefficient (Wildman–Crippen LogP) is 2.06. The minimum absolute atomic E-state index is 0.00598. The summed E-state index contributed by atoms with van der Waals surface area (Å²) in [6.45, 7) is 0.782. The van der Waals surface area contributed by atoms with Crippen molar-refractivity contribution in [1.29, 1.82) is 0 Å². The van der Waals surface area contributed by atoms with Crippen LogP contribution in [0.1, 0.15) is 31.1 Å². The maximum absolute atomic E-state index is 10.8. The van der Waals surface area contributed by atoms with Gasteiger partial charge >= 0.3 is 0 Å². The van der Waals surface area contributed by atoms with Gasteiger partial charge in [-0.2, -0.15) is 5.10 Å². The third-order valence-corrected chi connectivity index (χ3v) is 3.59. The van der Waals surface area contributed by atoms with Gasteiger partial charge in [-0.1, -0.05) is 0 Å². The third-order valence-electron chi connectivity index (χ3n) is 3.59. The molecule has 1 aliphatic rings. The first-order valence-corrected chi connectivity index (χ1v) is 6.61. The Morgan fingerprint density at radius 3 is 3.11 bits per heavy atom. The number of rotatable bonds is 3. The van der Waals surface area contributed by atoms with Crippen LogP contribution in [-0.4, -0.2) is 22.7 Å². The Balaban J connectivity index is 2.04. The Morgan fingerprint density at radius 1 is 1.47 bits per heavy atom. The van der Waals surface area contributed by atoms with Gasteiger partial charge in [-0.3, -0.25) is 0 Å². The van der Waals surface area contributed by atoms with Gasteiger partial charge in [0, 0.05) is 30.3 Å². The number of hydrogen-bond donors (Lipinski definition) is 1. The van der Waals surface area contributed by atoms with Crippen molar-refractivity contribution in [2.45, 2.75) is 31.9 Å². The number of nitrogens with two attached hydrogens (primary N) is 1. The number of aromatic nitrogens is 2. The summed E-state index contributed by atoms with van der Waals surface area (Å²) in [7, 11) is 0. The number of carbonyl (C=O) groups is 1. The molecule has 0 bridgehead atoms. The first-order valence-electron chi connectivity index (χ1n) is 6.61. The molecule has 19 heavy (non-hydrogen) atoms. The molecule has 0 saturated carbocycles. The lowest BCUT2D eigenvalue weighted by molar-refractivity contribution is -0.107. The van der Waals surface area contributed by atoms with Gasteiger partial charge in [0.1, 0.15) is 12.5 Å². The van der Waals surface area contributed by atoms with E-state index in [2.05, 4.69) is 5.10 Å². The topological polar surface area (TPSA) is 70.1 Å². The second-order valence-electron chi connectivity index (χ2n) is 4.87. The fourth-order valence-corrected chi connectivity index (χ4v) is 2.58. The van der Waals surface area contributed by atoms with Crippen molar-refractivity contribution < 1.29 is 9.53 Å². The molecule has 2 heterocycles. The minimum Gasteiger partial charge on any atom is -0.398 e. The largest absolute Gasteiger partial charge is 0.398 e. The smallest absolute Gasteiger partial charge is 0.150 e. The Hall–Kier alpha value is -1.88. The minimum atomic E-state index is 0.00598. The molecule has 0 spiro atoms. The molecular weight excluding hydrogens is 242 g/mol. The predicted molar refractivity (Wildman–Crippen MR) is 72.8 cm³/mol. The lowest BCUT2D eigenvalue weighted by Gasteiger charge is -2.22. The number of nitrogens with zero attached hydrogens (tertiary/aromatic N) is 2. The molecule has 0 amide bonds. The zero-order valence-electron chi connectivity index (χ0n) is 10.7. The number of carbonyl (C=O) groups excluding carboxylic acids is 1. The van der Waals surface area contributed by atoms with E-state index in [1.54, 1.807) is 6.07 Å². The molecule has 2 aromatic rings.